The fraction of sp³-hybridized carbons (Fsp3) is 0.588. The van der Waals surface area contributed by atoms with Gasteiger partial charge in [0.05, 0.1) is 5.75 Å². The molecule has 2 aromatic heterocycles. The Balaban J connectivity index is 1.81. The normalized spacial score (nSPS) is 13.6. The lowest BCUT2D eigenvalue weighted by Crippen LogP contribution is -2.41. The number of thioether (sulfide) groups is 1. The van der Waals surface area contributed by atoms with Crippen molar-refractivity contribution >= 4 is 29.2 Å². The van der Waals surface area contributed by atoms with E-state index in [1.54, 1.807) is 13.3 Å². The smallest absolute Gasteiger partial charge is 0.330 e. The minimum Gasteiger partial charge on any atom is -0.383 e. The molecule has 0 bridgehead atoms. The van der Waals surface area contributed by atoms with E-state index in [-0.39, 0.29) is 29.7 Å². The third kappa shape index (κ3) is 4.13. The van der Waals surface area contributed by atoms with E-state index in [2.05, 4.69) is 15.2 Å². The van der Waals surface area contributed by atoms with Crippen molar-refractivity contribution in [2.75, 3.05) is 22.9 Å². The van der Waals surface area contributed by atoms with Crippen LogP contribution in [0.25, 0.3) is 0 Å². The van der Waals surface area contributed by atoms with Gasteiger partial charge in [-0.15, -0.1) is 10.2 Å². The Kier molecular flexibility index (Phi) is 6.22. The van der Waals surface area contributed by atoms with Crippen LogP contribution in [0.3, 0.4) is 0 Å². The molecule has 0 radical (unpaired) electrons. The maximum absolute atomic E-state index is 12.8. The van der Waals surface area contributed by atoms with Crippen LogP contribution in [-0.2, 0) is 11.3 Å². The number of nitrogens with two attached hydrogens (primary N) is 1. The summed E-state index contributed by atoms with van der Waals surface area (Å²) in [5.41, 5.74) is 4.92. The van der Waals surface area contributed by atoms with E-state index >= 15 is 0 Å². The highest BCUT2D eigenvalue weighted by Crippen LogP contribution is 2.37. The van der Waals surface area contributed by atoms with Gasteiger partial charge in [-0.25, -0.2) is 4.79 Å². The number of unbranched alkanes of at least 4 members (excludes halogenated alkanes) is 1. The van der Waals surface area contributed by atoms with E-state index in [1.165, 1.54) is 21.2 Å². The lowest BCUT2D eigenvalue weighted by atomic mass is 10.3. The fourth-order valence-electron chi connectivity index (χ4n) is 2.98. The summed E-state index contributed by atoms with van der Waals surface area (Å²) in [6.45, 7) is 4.40. The summed E-state index contributed by atoms with van der Waals surface area (Å²) < 4.78 is 3.29. The van der Waals surface area contributed by atoms with Crippen LogP contribution in [0.5, 0.6) is 0 Å². The van der Waals surface area contributed by atoms with Crippen LogP contribution >= 0.6 is 11.8 Å². The van der Waals surface area contributed by atoms with Crippen LogP contribution in [0.15, 0.2) is 21.1 Å². The minimum absolute atomic E-state index is 0.0172. The highest BCUT2D eigenvalue weighted by atomic mass is 32.2. The van der Waals surface area contributed by atoms with Crippen molar-refractivity contribution < 1.29 is 4.79 Å². The quantitative estimate of drug-likeness (QED) is 0.592. The number of carbonyl (C=O) groups excluding carboxylic acids is 1. The van der Waals surface area contributed by atoms with Gasteiger partial charge in [0, 0.05) is 19.1 Å². The summed E-state index contributed by atoms with van der Waals surface area (Å²) in [4.78, 5) is 40.9. The lowest BCUT2D eigenvalue weighted by Gasteiger charge is -2.23. The molecular formula is C17H25N7O3S. The van der Waals surface area contributed by atoms with Crippen LogP contribution in [0.2, 0.25) is 0 Å². The van der Waals surface area contributed by atoms with Gasteiger partial charge in [-0.1, -0.05) is 25.1 Å². The molecule has 0 saturated heterocycles. The molecule has 0 aliphatic heterocycles. The Bertz CT molecular complexity index is 960. The van der Waals surface area contributed by atoms with Crippen LogP contribution in [0, 0.1) is 0 Å². The molecule has 152 valence electrons. The highest BCUT2D eigenvalue weighted by molar-refractivity contribution is 7.99. The number of aromatic amines is 1. The summed E-state index contributed by atoms with van der Waals surface area (Å²) in [5, 5.41) is 8.67. The third-order valence-electron chi connectivity index (χ3n) is 4.64. The molecule has 3 N–H and O–H groups in total. The van der Waals surface area contributed by atoms with Crippen molar-refractivity contribution in [3.05, 3.63) is 27.2 Å². The van der Waals surface area contributed by atoms with E-state index in [4.69, 9.17) is 5.73 Å². The number of nitrogens with zero attached hydrogens (tertiary/aromatic N) is 5. The molecule has 0 spiro atoms. The summed E-state index contributed by atoms with van der Waals surface area (Å²) >= 11 is 1.28. The first kappa shape index (κ1) is 20.2. The number of carbonyl (C=O) groups is 1. The van der Waals surface area contributed by atoms with E-state index in [0.717, 1.165) is 25.7 Å². The number of nitrogens with one attached hydrogen (secondary N) is 1. The Labute approximate surface area is 166 Å². The molecule has 1 fully saturated rings. The number of nitrogen functional groups attached to an aromatic ring is 1. The van der Waals surface area contributed by atoms with E-state index in [9.17, 15) is 14.4 Å². The van der Waals surface area contributed by atoms with Gasteiger partial charge in [0.2, 0.25) is 5.91 Å². The second kappa shape index (κ2) is 8.63. The zero-order valence-corrected chi connectivity index (χ0v) is 16.9. The van der Waals surface area contributed by atoms with Crippen LogP contribution in [0.1, 0.15) is 45.6 Å². The lowest BCUT2D eigenvalue weighted by molar-refractivity contribution is -0.116. The molecule has 3 rings (SSSR count). The molecule has 1 amide bonds. The molecule has 0 unspecified atom stereocenters. The Morgan fingerprint density at radius 3 is 2.79 bits per heavy atom. The Morgan fingerprint density at radius 2 is 2.14 bits per heavy atom. The van der Waals surface area contributed by atoms with Gasteiger partial charge in [-0.2, -0.15) is 0 Å². The molecule has 10 nitrogen and oxygen atoms in total. The number of hydrogen-bond donors (Lipinski definition) is 2. The first-order chi connectivity index (χ1) is 13.5. The number of hydrogen-bond acceptors (Lipinski definition) is 7. The van der Waals surface area contributed by atoms with E-state index in [0.29, 0.717) is 17.7 Å². The van der Waals surface area contributed by atoms with Gasteiger partial charge in [0.15, 0.2) is 10.8 Å². The van der Waals surface area contributed by atoms with Crippen molar-refractivity contribution in [1.29, 1.82) is 0 Å². The summed E-state index contributed by atoms with van der Waals surface area (Å²) in [7, 11) is 0. The molecular weight excluding hydrogens is 382 g/mol. The monoisotopic (exact) mass is 407 g/mol. The summed E-state index contributed by atoms with van der Waals surface area (Å²) in [6.07, 6.45) is 5.46. The Hall–Kier alpha value is -2.56. The zero-order chi connectivity index (χ0) is 20.3. The molecule has 11 heteroatoms. The number of H-pyrrole nitrogens is 1. The van der Waals surface area contributed by atoms with Crippen molar-refractivity contribution in [3.8, 4) is 0 Å². The third-order valence-corrected chi connectivity index (χ3v) is 5.58. The average Bonchev–Trinajstić information content (AvgIpc) is 3.40. The maximum atomic E-state index is 12.8. The van der Waals surface area contributed by atoms with Gasteiger partial charge >= 0.3 is 5.69 Å². The second-order valence-corrected chi connectivity index (χ2v) is 7.62. The number of anilines is 2. The highest BCUT2D eigenvalue weighted by Gasteiger charge is 2.27. The van der Waals surface area contributed by atoms with Crippen molar-refractivity contribution in [2.45, 2.75) is 57.3 Å². The molecule has 28 heavy (non-hydrogen) atoms. The number of aromatic nitrogens is 5. The first-order valence-electron chi connectivity index (χ1n) is 9.43. The van der Waals surface area contributed by atoms with Crippen molar-refractivity contribution in [2.24, 2.45) is 0 Å². The molecule has 2 aromatic rings. The second-order valence-electron chi connectivity index (χ2n) is 6.68. The van der Waals surface area contributed by atoms with E-state index < -0.39 is 11.2 Å². The van der Waals surface area contributed by atoms with Gasteiger partial charge in [0.25, 0.3) is 5.56 Å². The van der Waals surface area contributed by atoms with Gasteiger partial charge in [-0.3, -0.25) is 19.1 Å². The fourth-order valence-corrected chi connectivity index (χ4v) is 3.84. The largest absolute Gasteiger partial charge is 0.383 e. The first-order valence-corrected chi connectivity index (χ1v) is 10.4. The van der Waals surface area contributed by atoms with E-state index in [1.807, 2.05) is 11.5 Å². The minimum atomic E-state index is -0.656. The molecule has 2 heterocycles. The average molecular weight is 408 g/mol. The summed E-state index contributed by atoms with van der Waals surface area (Å²) in [6, 6.07) is 0.412. The van der Waals surface area contributed by atoms with Crippen molar-refractivity contribution in [1.82, 2.24) is 24.3 Å². The van der Waals surface area contributed by atoms with Crippen LogP contribution < -0.4 is 21.9 Å². The van der Waals surface area contributed by atoms with Gasteiger partial charge in [-0.05, 0) is 26.2 Å². The van der Waals surface area contributed by atoms with Crippen molar-refractivity contribution in [3.63, 3.8) is 0 Å². The molecule has 0 atom stereocenters. The molecule has 1 saturated carbocycles. The number of rotatable bonds is 9. The zero-order valence-electron chi connectivity index (χ0n) is 16.1. The Morgan fingerprint density at radius 1 is 1.39 bits per heavy atom. The predicted octanol–water partition coefficient (Wildman–Crippen LogP) is 0.990. The van der Waals surface area contributed by atoms with Crippen LogP contribution in [-0.4, -0.2) is 42.5 Å². The van der Waals surface area contributed by atoms with Gasteiger partial charge < -0.3 is 15.2 Å². The topological polar surface area (TPSA) is 132 Å². The molecule has 0 aromatic carbocycles. The molecule has 1 aliphatic carbocycles. The molecule has 1 aliphatic rings. The van der Waals surface area contributed by atoms with Crippen LogP contribution in [0.4, 0.5) is 11.5 Å². The SMILES string of the molecule is CCCCn1c(N)c(N(CC)C(=O)CSc2nncn2C2CC2)c(=O)[nH]c1=O. The standard InChI is InChI=1S/C17H25N7O3S/c1-3-5-8-23-14(18)13(15(26)20-16(23)27)22(4-2)12(25)9-28-17-21-19-10-24(17)11-6-7-11/h10-11H,3-9,18H2,1-2H3,(H,20,26,27). The summed E-state index contributed by atoms with van der Waals surface area (Å²) in [5.74, 6) is -0.175. The maximum Gasteiger partial charge on any atom is 0.330 e. The van der Waals surface area contributed by atoms with Gasteiger partial charge in [0.1, 0.15) is 12.1 Å². The predicted molar refractivity (Wildman–Crippen MR) is 108 cm³/mol. The number of amides is 1.